The maximum absolute atomic E-state index is 13.0. The third kappa shape index (κ3) is 6.57. The molecule has 36 heavy (non-hydrogen) atoms. The Balaban J connectivity index is 1.65. The molecule has 1 saturated heterocycles. The molecule has 0 radical (unpaired) electrons. The molecule has 3 aromatic rings. The number of ether oxygens (including phenoxy) is 3. The molecule has 190 valence electrons. The molecule has 5 unspecified atom stereocenters. The van der Waals surface area contributed by atoms with E-state index < -0.39 is 37.3 Å². The third-order valence-corrected chi connectivity index (χ3v) is 6.32. The Kier molecular flexibility index (Phi) is 9.22. The van der Waals surface area contributed by atoms with Crippen molar-refractivity contribution in [2.75, 3.05) is 6.61 Å². The molecular weight excluding hydrogens is 458 g/mol. The van der Waals surface area contributed by atoms with Gasteiger partial charge in [-0.05, 0) is 16.7 Å². The molecule has 1 fully saturated rings. The second-order valence-corrected chi connectivity index (χ2v) is 8.90. The fourth-order valence-electron chi connectivity index (χ4n) is 4.44. The smallest absolute Gasteiger partial charge is 0.220 e. The molecule has 1 aliphatic heterocycles. The lowest BCUT2D eigenvalue weighted by atomic mass is 9.94. The molecule has 0 bridgehead atoms. The standard InChI is InChI=1S/C29H33NO6/c1-21(32)30(17-22-11-5-2-6-12-22)26-28(34-19-23-13-7-3-8-14-23)27(33)25(18-31)36-29(26)35-20-24-15-9-4-10-16-24/h2-16,25-29,31,33H,17-20H2,1H3. The molecule has 1 heterocycles. The number of benzene rings is 3. The molecule has 0 aromatic heterocycles. The van der Waals surface area contributed by atoms with E-state index in [1.807, 2.05) is 91.0 Å². The van der Waals surface area contributed by atoms with Crippen LogP contribution in [0.25, 0.3) is 0 Å². The Morgan fingerprint density at radius 3 is 1.83 bits per heavy atom. The van der Waals surface area contributed by atoms with E-state index in [9.17, 15) is 15.0 Å². The SMILES string of the molecule is CC(=O)N(Cc1ccccc1)C1C(OCc2ccccc2)OC(CO)C(O)C1OCc1ccccc1. The van der Waals surface area contributed by atoms with Crippen molar-refractivity contribution in [1.29, 1.82) is 0 Å². The van der Waals surface area contributed by atoms with Crippen LogP contribution in [0.15, 0.2) is 91.0 Å². The Hall–Kier alpha value is -3.07. The van der Waals surface area contributed by atoms with Crippen LogP contribution in [0.5, 0.6) is 0 Å². The summed E-state index contributed by atoms with van der Waals surface area (Å²) in [6.07, 6.45) is -3.88. The van der Waals surface area contributed by atoms with E-state index in [1.165, 1.54) is 6.92 Å². The summed E-state index contributed by atoms with van der Waals surface area (Å²) in [6.45, 7) is 1.81. The average molecular weight is 492 g/mol. The van der Waals surface area contributed by atoms with Gasteiger partial charge in [0.25, 0.3) is 0 Å². The molecular formula is C29H33NO6. The number of amides is 1. The van der Waals surface area contributed by atoms with Crippen molar-refractivity contribution >= 4 is 5.91 Å². The monoisotopic (exact) mass is 491 g/mol. The Morgan fingerprint density at radius 2 is 1.33 bits per heavy atom. The van der Waals surface area contributed by atoms with E-state index in [-0.39, 0.29) is 25.7 Å². The highest BCUT2D eigenvalue weighted by Crippen LogP contribution is 2.31. The van der Waals surface area contributed by atoms with E-state index in [0.717, 1.165) is 16.7 Å². The number of hydrogen-bond donors (Lipinski definition) is 2. The van der Waals surface area contributed by atoms with Crippen LogP contribution < -0.4 is 0 Å². The molecule has 0 aliphatic carbocycles. The topological polar surface area (TPSA) is 88.5 Å². The van der Waals surface area contributed by atoms with E-state index in [0.29, 0.717) is 0 Å². The lowest BCUT2D eigenvalue weighted by Crippen LogP contribution is -2.66. The van der Waals surface area contributed by atoms with Crippen LogP contribution in [0.1, 0.15) is 23.6 Å². The normalized spacial score (nSPS) is 23.8. The van der Waals surface area contributed by atoms with Gasteiger partial charge in [0.1, 0.15) is 24.4 Å². The average Bonchev–Trinajstić information content (AvgIpc) is 2.92. The van der Waals surface area contributed by atoms with Crippen molar-refractivity contribution in [1.82, 2.24) is 4.90 Å². The molecule has 3 aromatic carbocycles. The maximum atomic E-state index is 13.0. The molecule has 0 saturated carbocycles. The van der Waals surface area contributed by atoms with E-state index >= 15 is 0 Å². The summed E-state index contributed by atoms with van der Waals surface area (Å²) >= 11 is 0. The van der Waals surface area contributed by atoms with E-state index in [1.54, 1.807) is 4.90 Å². The molecule has 2 N–H and O–H groups in total. The van der Waals surface area contributed by atoms with Crippen molar-refractivity contribution in [3.63, 3.8) is 0 Å². The van der Waals surface area contributed by atoms with Gasteiger partial charge in [0.05, 0.1) is 19.8 Å². The van der Waals surface area contributed by atoms with Gasteiger partial charge in [-0.1, -0.05) is 91.0 Å². The van der Waals surface area contributed by atoms with Crippen molar-refractivity contribution < 1.29 is 29.2 Å². The molecule has 0 spiro atoms. The lowest BCUT2D eigenvalue weighted by molar-refractivity contribution is -0.297. The summed E-state index contributed by atoms with van der Waals surface area (Å²) in [5.74, 6) is -0.205. The molecule has 5 atom stereocenters. The molecule has 7 nitrogen and oxygen atoms in total. The highest BCUT2D eigenvalue weighted by Gasteiger charge is 2.49. The minimum absolute atomic E-state index is 0.205. The van der Waals surface area contributed by atoms with Crippen LogP contribution in [0.4, 0.5) is 0 Å². The number of carbonyl (C=O) groups excluding carboxylic acids is 1. The summed E-state index contributed by atoms with van der Waals surface area (Å²) in [4.78, 5) is 14.6. The minimum atomic E-state index is -1.17. The Labute approximate surface area is 211 Å². The first kappa shape index (κ1) is 26.0. The van der Waals surface area contributed by atoms with Gasteiger partial charge in [-0.2, -0.15) is 0 Å². The number of carbonyl (C=O) groups is 1. The number of aliphatic hydroxyl groups excluding tert-OH is 2. The summed E-state index contributed by atoms with van der Waals surface area (Å²) in [5.41, 5.74) is 2.79. The fraction of sp³-hybridized carbons (Fsp3) is 0.345. The zero-order valence-corrected chi connectivity index (χ0v) is 20.4. The fourth-order valence-corrected chi connectivity index (χ4v) is 4.44. The molecule has 1 aliphatic rings. The van der Waals surface area contributed by atoms with Crippen LogP contribution >= 0.6 is 0 Å². The first-order valence-corrected chi connectivity index (χ1v) is 12.1. The second-order valence-electron chi connectivity index (χ2n) is 8.90. The van der Waals surface area contributed by atoms with Crippen LogP contribution in [0.3, 0.4) is 0 Å². The molecule has 7 heteroatoms. The number of nitrogens with zero attached hydrogens (tertiary/aromatic N) is 1. The largest absolute Gasteiger partial charge is 0.394 e. The number of hydrogen-bond acceptors (Lipinski definition) is 6. The molecule has 1 amide bonds. The zero-order chi connectivity index (χ0) is 25.3. The Bertz CT molecular complexity index is 1060. The van der Waals surface area contributed by atoms with E-state index in [2.05, 4.69) is 0 Å². The Morgan fingerprint density at radius 1 is 0.833 bits per heavy atom. The van der Waals surface area contributed by atoms with Crippen molar-refractivity contribution in [3.8, 4) is 0 Å². The summed E-state index contributed by atoms with van der Waals surface area (Å²) in [5, 5.41) is 21.1. The van der Waals surface area contributed by atoms with Gasteiger partial charge in [-0.15, -0.1) is 0 Å². The van der Waals surface area contributed by atoms with Gasteiger partial charge in [0.2, 0.25) is 5.91 Å². The van der Waals surface area contributed by atoms with Gasteiger partial charge >= 0.3 is 0 Å². The summed E-state index contributed by atoms with van der Waals surface area (Å²) in [6, 6.07) is 28.1. The predicted molar refractivity (Wildman–Crippen MR) is 134 cm³/mol. The molecule has 4 rings (SSSR count). The number of rotatable bonds is 10. The van der Waals surface area contributed by atoms with Crippen LogP contribution in [-0.2, 0) is 38.8 Å². The van der Waals surface area contributed by atoms with E-state index in [4.69, 9.17) is 14.2 Å². The van der Waals surface area contributed by atoms with Crippen LogP contribution in [0, 0.1) is 0 Å². The van der Waals surface area contributed by atoms with Crippen LogP contribution in [-0.4, -0.2) is 58.3 Å². The van der Waals surface area contributed by atoms with Gasteiger partial charge in [0, 0.05) is 13.5 Å². The first-order chi connectivity index (χ1) is 17.6. The second kappa shape index (κ2) is 12.8. The highest BCUT2D eigenvalue weighted by molar-refractivity contribution is 5.73. The van der Waals surface area contributed by atoms with Crippen molar-refractivity contribution in [2.45, 2.75) is 57.3 Å². The van der Waals surface area contributed by atoms with Crippen molar-refractivity contribution in [3.05, 3.63) is 108 Å². The third-order valence-electron chi connectivity index (χ3n) is 6.32. The quantitative estimate of drug-likeness (QED) is 0.453. The lowest BCUT2D eigenvalue weighted by Gasteiger charge is -2.48. The minimum Gasteiger partial charge on any atom is -0.394 e. The van der Waals surface area contributed by atoms with Crippen LogP contribution in [0.2, 0.25) is 0 Å². The summed E-state index contributed by atoms with van der Waals surface area (Å²) in [7, 11) is 0. The van der Waals surface area contributed by atoms with Gasteiger partial charge in [-0.3, -0.25) is 4.79 Å². The van der Waals surface area contributed by atoms with Gasteiger partial charge < -0.3 is 29.3 Å². The van der Waals surface area contributed by atoms with Crippen molar-refractivity contribution in [2.24, 2.45) is 0 Å². The predicted octanol–water partition coefficient (Wildman–Crippen LogP) is 3.28. The maximum Gasteiger partial charge on any atom is 0.220 e. The van der Waals surface area contributed by atoms with Gasteiger partial charge in [0.15, 0.2) is 6.29 Å². The number of aliphatic hydroxyl groups is 2. The summed E-state index contributed by atoms with van der Waals surface area (Å²) < 4.78 is 18.5. The van der Waals surface area contributed by atoms with Gasteiger partial charge in [-0.25, -0.2) is 0 Å². The zero-order valence-electron chi connectivity index (χ0n) is 20.4. The first-order valence-electron chi connectivity index (χ1n) is 12.1. The highest BCUT2D eigenvalue weighted by atomic mass is 16.7.